The van der Waals surface area contributed by atoms with E-state index in [9.17, 15) is 9.59 Å². The molecule has 0 heterocycles. The summed E-state index contributed by atoms with van der Waals surface area (Å²) in [5.74, 6) is -0.521. The second kappa shape index (κ2) is 10.2. The van der Waals surface area contributed by atoms with Crippen LogP contribution in [0.1, 0.15) is 25.8 Å². The largest absolute Gasteiger partial charge is 0.445 e. The highest BCUT2D eigenvalue weighted by atomic mass is 35.5. The van der Waals surface area contributed by atoms with Gasteiger partial charge in [0.05, 0.1) is 15.7 Å². The smallest absolute Gasteiger partial charge is 0.408 e. The molecule has 0 saturated carbocycles. The number of halogens is 2. The summed E-state index contributed by atoms with van der Waals surface area (Å²) in [5.41, 5.74) is 7.19. The fraction of sp³-hybridized carbons (Fsp3) is 0.300. The Bertz CT molecular complexity index is 808. The molecule has 2 aromatic rings. The van der Waals surface area contributed by atoms with Gasteiger partial charge in [-0.15, -0.1) is 0 Å². The molecule has 4 N–H and O–H groups in total. The fourth-order valence-corrected chi connectivity index (χ4v) is 2.96. The third-order valence-corrected chi connectivity index (χ3v) is 4.95. The van der Waals surface area contributed by atoms with E-state index in [2.05, 4.69) is 10.6 Å². The predicted octanol–water partition coefficient (Wildman–Crippen LogP) is 4.86. The maximum absolute atomic E-state index is 12.7. The summed E-state index contributed by atoms with van der Waals surface area (Å²) in [7, 11) is 0. The fourth-order valence-electron chi connectivity index (χ4n) is 2.47. The van der Waals surface area contributed by atoms with Crippen LogP contribution in [0.25, 0.3) is 0 Å². The highest BCUT2D eigenvalue weighted by Crippen LogP contribution is 2.31. The van der Waals surface area contributed by atoms with Crippen molar-refractivity contribution >= 4 is 46.6 Å². The van der Waals surface area contributed by atoms with Gasteiger partial charge in [0.15, 0.2) is 0 Å². The van der Waals surface area contributed by atoms with Crippen molar-refractivity contribution in [2.45, 2.75) is 32.9 Å². The number of benzene rings is 2. The molecule has 150 valence electrons. The first-order chi connectivity index (χ1) is 13.3. The van der Waals surface area contributed by atoms with E-state index in [1.54, 1.807) is 0 Å². The number of amides is 2. The van der Waals surface area contributed by atoms with E-state index in [1.165, 1.54) is 12.1 Å². The Morgan fingerprint density at radius 3 is 2.32 bits per heavy atom. The molecule has 0 aliphatic rings. The topological polar surface area (TPSA) is 93.4 Å². The van der Waals surface area contributed by atoms with E-state index in [-0.39, 0.29) is 28.3 Å². The van der Waals surface area contributed by atoms with Crippen LogP contribution < -0.4 is 16.4 Å². The number of alkyl carbamates (subject to hydrolysis) is 1. The normalized spacial score (nSPS) is 12.7. The molecule has 0 aliphatic heterocycles. The Hall–Kier alpha value is -2.44. The Balaban J connectivity index is 2.03. The van der Waals surface area contributed by atoms with Crippen LogP contribution in [0, 0.1) is 5.92 Å². The predicted molar refractivity (Wildman–Crippen MR) is 113 cm³/mol. The quantitative estimate of drug-likeness (QED) is 0.554. The number of anilines is 2. The van der Waals surface area contributed by atoms with Gasteiger partial charge in [-0.05, 0) is 23.6 Å². The molecule has 2 atom stereocenters. The van der Waals surface area contributed by atoms with Crippen LogP contribution in [0.5, 0.6) is 0 Å². The van der Waals surface area contributed by atoms with Crippen LogP contribution in [0.4, 0.5) is 16.2 Å². The lowest BCUT2D eigenvalue weighted by Crippen LogP contribution is -2.47. The van der Waals surface area contributed by atoms with Crippen molar-refractivity contribution in [1.82, 2.24) is 5.32 Å². The number of ether oxygens (including phenoxy) is 1. The lowest BCUT2D eigenvalue weighted by molar-refractivity contribution is -0.119. The van der Waals surface area contributed by atoms with Gasteiger partial charge in [-0.25, -0.2) is 4.79 Å². The number of nitrogens with one attached hydrogen (secondary N) is 2. The van der Waals surface area contributed by atoms with Crippen LogP contribution in [0.2, 0.25) is 10.0 Å². The third kappa shape index (κ3) is 6.04. The Morgan fingerprint density at radius 1 is 1.14 bits per heavy atom. The van der Waals surface area contributed by atoms with Crippen LogP contribution in [0.15, 0.2) is 42.5 Å². The van der Waals surface area contributed by atoms with Crippen molar-refractivity contribution in [2.24, 2.45) is 5.92 Å². The minimum Gasteiger partial charge on any atom is -0.445 e. The Morgan fingerprint density at radius 2 is 1.75 bits per heavy atom. The maximum atomic E-state index is 12.7. The average molecular weight is 424 g/mol. The third-order valence-electron chi connectivity index (χ3n) is 4.33. The van der Waals surface area contributed by atoms with Crippen LogP contribution in [-0.2, 0) is 16.1 Å². The molecular formula is C20H23Cl2N3O3. The summed E-state index contributed by atoms with van der Waals surface area (Å²) in [6.07, 6.45) is 0.0120. The van der Waals surface area contributed by atoms with Crippen molar-refractivity contribution in [3.05, 3.63) is 58.1 Å². The lowest BCUT2D eigenvalue weighted by Gasteiger charge is -2.23. The van der Waals surface area contributed by atoms with Crippen molar-refractivity contribution in [3.8, 4) is 0 Å². The average Bonchev–Trinajstić information content (AvgIpc) is 2.68. The molecule has 8 heteroatoms. The molecule has 0 radical (unpaired) electrons. The molecule has 0 aliphatic carbocycles. The van der Waals surface area contributed by atoms with Crippen LogP contribution in [-0.4, -0.2) is 18.0 Å². The molecule has 2 rings (SSSR count). The first kappa shape index (κ1) is 21.9. The molecule has 2 aromatic carbocycles. The van der Waals surface area contributed by atoms with Gasteiger partial charge in [-0.1, -0.05) is 73.8 Å². The first-order valence-corrected chi connectivity index (χ1v) is 9.60. The molecule has 28 heavy (non-hydrogen) atoms. The second-order valence-corrected chi connectivity index (χ2v) is 7.23. The van der Waals surface area contributed by atoms with E-state index in [0.717, 1.165) is 5.56 Å². The van der Waals surface area contributed by atoms with Crippen molar-refractivity contribution < 1.29 is 14.3 Å². The molecule has 0 aromatic heterocycles. The standard InChI is InChI=1S/C20H23Cl2N3O3/c1-3-12(2)18(25-20(27)28-11-13-7-5-4-6-8-13)19(26)24-14-9-15(21)17(23)16(22)10-14/h4-10,12,18H,3,11,23H2,1-2H3,(H,24,26)(H,25,27)/t12-,18-/m0/s1. The summed E-state index contributed by atoms with van der Waals surface area (Å²) in [5, 5.41) is 5.82. The molecule has 0 saturated heterocycles. The number of nitrogen functional groups attached to an aromatic ring is 1. The summed E-state index contributed by atoms with van der Waals surface area (Å²) >= 11 is 12.0. The molecular weight excluding hydrogens is 401 g/mol. The summed E-state index contributed by atoms with van der Waals surface area (Å²) in [6, 6.07) is 11.5. The van der Waals surface area contributed by atoms with Gasteiger partial charge >= 0.3 is 6.09 Å². The highest BCUT2D eigenvalue weighted by molar-refractivity contribution is 6.39. The Kier molecular flexibility index (Phi) is 7.96. The van der Waals surface area contributed by atoms with E-state index < -0.39 is 18.0 Å². The van der Waals surface area contributed by atoms with E-state index in [1.807, 2.05) is 44.2 Å². The van der Waals surface area contributed by atoms with Gasteiger partial charge in [0, 0.05) is 5.69 Å². The maximum Gasteiger partial charge on any atom is 0.408 e. The van der Waals surface area contributed by atoms with Gasteiger partial charge in [0.1, 0.15) is 12.6 Å². The minimum absolute atomic E-state index is 0.116. The van der Waals surface area contributed by atoms with E-state index in [4.69, 9.17) is 33.7 Å². The first-order valence-electron chi connectivity index (χ1n) is 8.84. The molecule has 0 bridgehead atoms. The zero-order valence-electron chi connectivity index (χ0n) is 15.7. The summed E-state index contributed by atoms with van der Waals surface area (Å²) in [6.45, 7) is 3.91. The lowest BCUT2D eigenvalue weighted by atomic mass is 9.98. The summed E-state index contributed by atoms with van der Waals surface area (Å²) < 4.78 is 5.22. The number of carbonyl (C=O) groups excluding carboxylic acids is 2. The van der Waals surface area contributed by atoms with E-state index >= 15 is 0 Å². The number of carbonyl (C=O) groups is 2. The molecule has 0 spiro atoms. The van der Waals surface area contributed by atoms with Crippen LogP contribution in [0.3, 0.4) is 0 Å². The van der Waals surface area contributed by atoms with Crippen molar-refractivity contribution in [2.75, 3.05) is 11.1 Å². The molecule has 6 nitrogen and oxygen atoms in total. The van der Waals surface area contributed by atoms with Gasteiger partial charge in [0.25, 0.3) is 0 Å². The molecule has 2 amide bonds. The van der Waals surface area contributed by atoms with Gasteiger partial charge in [-0.3, -0.25) is 4.79 Å². The van der Waals surface area contributed by atoms with E-state index in [0.29, 0.717) is 12.1 Å². The summed E-state index contributed by atoms with van der Waals surface area (Å²) in [4.78, 5) is 24.9. The zero-order chi connectivity index (χ0) is 20.7. The Labute approximate surface area is 174 Å². The number of hydrogen-bond donors (Lipinski definition) is 3. The van der Waals surface area contributed by atoms with Crippen LogP contribution >= 0.6 is 23.2 Å². The monoisotopic (exact) mass is 423 g/mol. The SMILES string of the molecule is CC[C@H](C)[C@H](NC(=O)OCc1ccccc1)C(=O)Nc1cc(Cl)c(N)c(Cl)c1. The minimum atomic E-state index is -0.789. The number of rotatable bonds is 7. The number of nitrogens with two attached hydrogens (primary N) is 1. The van der Waals surface area contributed by atoms with Crippen molar-refractivity contribution in [1.29, 1.82) is 0 Å². The van der Waals surface area contributed by atoms with Gasteiger partial charge < -0.3 is 21.1 Å². The molecule has 0 fully saturated rings. The van der Waals surface area contributed by atoms with Gasteiger partial charge in [0.2, 0.25) is 5.91 Å². The second-order valence-electron chi connectivity index (χ2n) is 6.41. The number of hydrogen-bond acceptors (Lipinski definition) is 4. The van der Waals surface area contributed by atoms with Crippen molar-refractivity contribution in [3.63, 3.8) is 0 Å². The molecule has 0 unspecified atom stereocenters. The highest BCUT2D eigenvalue weighted by Gasteiger charge is 2.27. The zero-order valence-corrected chi connectivity index (χ0v) is 17.2. The van der Waals surface area contributed by atoms with Gasteiger partial charge in [-0.2, -0.15) is 0 Å².